The minimum atomic E-state index is -0.482. The van der Waals surface area contributed by atoms with Gasteiger partial charge < -0.3 is 10.6 Å². The molecule has 1 aromatic heterocycles. The second kappa shape index (κ2) is 5.50. The van der Waals surface area contributed by atoms with Gasteiger partial charge in [-0.3, -0.25) is 14.8 Å². The van der Waals surface area contributed by atoms with Crippen molar-refractivity contribution in [2.75, 3.05) is 13.1 Å². The number of halogens is 1. The minimum absolute atomic E-state index is 0.0752. The topological polar surface area (TPSA) is 66.9 Å². The van der Waals surface area contributed by atoms with Crippen molar-refractivity contribution in [1.82, 2.24) is 20.6 Å². The normalized spacial score (nSPS) is 18.9. The summed E-state index contributed by atoms with van der Waals surface area (Å²) in [5.41, 5.74) is 1.05. The molecular weight excluding hydrogens is 259 g/mol. The molecule has 2 heterocycles. The van der Waals surface area contributed by atoms with E-state index in [2.05, 4.69) is 20.6 Å². The average molecular weight is 274 g/mol. The Hall–Kier alpha value is -2.08. The Morgan fingerprint density at radius 3 is 3.00 bits per heavy atom. The summed E-state index contributed by atoms with van der Waals surface area (Å²) < 4.78 is 13.6. The number of fused-ring (bicyclic) bond motifs is 1. The number of hydrogen-bond donors (Lipinski definition) is 2. The van der Waals surface area contributed by atoms with Crippen LogP contribution >= 0.6 is 0 Å². The Balaban J connectivity index is 1.90. The maximum atomic E-state index is 13.6. The Morgan fingerprint density at radius 2 is 2.20 bits per heavy atom. The third kappa shape index (κ3) is 2.60. The quantitative estimate of drug-likeness (QED) is 0.865. The van der Waals surface area contributed by atoms with Gasteiger partial charge in [-0.1, -0.05) is 0 Å². The second-order valence-electron chi connectivity index (χ2n) is 4.89. The van der Waals surface area contributed by atoms with Gasteiger partial charge in [0.25, 0.3) is 5.91 Å². The first-order valence-electron chi connectivity index (χ1n) is 6.66. The van der Waals surface area contributed by atoms with Crippen molar-refractivity contribution in [3.05, 3.63) is 35.9 Å². The summed E-state index contributed by atoms with van der Waals surface area (Å²) in [6, 6.07) is 2.57. The van der Waals surface area contributed by atoms with Gasteiger partial charge in [0.05, 0.1) is 11.1 Å². The van der Waals surface area contributed by atoms with E-state index in [0.717, 1.165) is 25.9 Å². The van der Waals surface area contributed by atoms with Gasteiger partial charge >= 0.3 is 0 Å². The van der Waals surface area contributed by atoms with Crippen LogP contribution < -0.4 is 10.6 Å². The summed E-state index contributed by atoms with van der Waals surface area (Å²) >= 11 is 0. The first-order chi connectivity index (χ1) is 9.74. The molecule has 1 amide bonds. The van der Waals surface area contributed by atoms with E-state index in [1.807, 2.05) is 0 Å². The number of benzene rings is 1. The largest absolute Gasteiger partial charge is 0.348 e. The third-order valence-corrected chi connectivity index (χ3v) is 3.42. The van der Waals surface area contributed by atoms with Crippen LogP contribution in [-0.4, -0.2) is 35.0 Å². The van der Waals surface area contributed by atoms with E-state index in [9.17, 15) is 9.18 Å². The number of carbonyl (C=O) groups excluding carboxylic acids is 1. The summed E-state index contributed by atoms with van der Waals surface area (Å²) in [6.45, 7) is 1.71. The van der Waals surface area contributed by atoms with Gasteiger partial charge in [0.2, 0.25) is 0 Å². The van der Waals surface area contributed by atoms with Crippen molar-refractivity contribution in [3.63, 3.8) is 0 Å². The molecule has 5 nitrogen and oxygen atoms in total. The fourth-order valence-electron chi connectivity index (χ4n) is 2.45. The number of aromatic nitrogens is 2. The Labute approximate surface area is 115 Å². The first kappa shape index (κ1) is 12.9. The van der Waals surface area contributed by atoms with E-state index >= 15 is 0 Å². The Morgan fingerprint density at radius 1 is 1.35 bits per heavy atom. The molecule has 0 bridgehead atoms. The highest BCUT2D eigenvalue weighted by atomic mass is 19.1. The molecular formula is C14H15FN4O. The molecule has 0 saturated carbocycles. The van der Waals surface area contributed by atoms with E-state index in [1.165, 1.54) is 24.5 Å². The molecule has 1 aliphatic rings. The Bertz CT molecular complexity index is 640. The lowest BCUT2D eigenvalue weighted by Gasteiger charge is -2.23. The van der Waals surface area contributed by atoms with Gasteiger partial charge in [0.1, 0.15) is 11.3 Å². The predicted molar refractivity (Wildman–Crippen MR) is 72.9 cm³/mol. The number of nitrogens with one attached hydrogen (secondary N) is 2. The van der Waals surface area contributed by atoms with Crippen molar-refractivity contribution in [2.45, 2.75) is 18.9 Å². The van der Waals surface area contributed by atoms with Crippen LogP contribution in [0.4, 0.5) is 4.39 Å². The number of rotatable bonds is 2. The highest BCUT2D eigenvalue weighted by Gasteiger charge is 2.19. The van der Waals surface area contributed by atoms with Crippen molar-refractivity contribution in [2.24, 2.45) is 0 Å². The van der Waals surface area contributed by atoms with Crippen molar-refractivity contribution < 1.29 is 9.18 Å². The van der Waals surface area contributed by atoms with Gasteiger partial charge in [0, 0.05) is 31.0 Å². The summed E-state index contributed by atoms with van der Waals surface area (Å²) in [5, 5.41) is 6.14. The summed E-state index contributed by atoms with van der Waals surface area (Å²) in [6.07, 6.45) is 4.93. The lowest BCUT2D eigenvalue weighted by atomic mass is 10.1. The molecule has 0 aliphatic carbocycles. The molecule has 1 saturated heterocycles. The third-order valence-electron chi connectivity index (χ3n) is 3.42. The molecule has 2 N–H and O–H groups in total. The van der Waals surface area contributed by atoms with E-state index in [1.54, 1.807) is 0 Å². The Kier molecular flexibility index (Phi) is 3.56. The van der Waals surface area contributed by atoms with Crippen LogP contribution in [0.1, 0.15) is 23.2 Å². The highest BCUT2D eigenvalue weighted by Crippen LogP contribution is 2.17. The van der Waals surface area contributed by atoms with Gasteiger partial charge in [-0.15, -0.1) is 0 Å². The summed E-state index contributed by atoms with van der Waals surface area (Å²) in [4.78, 5) is 20.5. The lowest BCUT2D eigenvalue weighted by molar-refractivity contribution is 0.0931. The van der Waals surface area contributed by atoms with Crippen LogP contribution in [-0.2, 0) is 0 Å². The smallest absolute Gasteiger partial charge is 0.253 e. The molecule has 1 fully saturated rings. The maximum Gasteiger partial charge on any atom is 0.253 e. The molecule has 1 aromatic carbocycles. The zero-order chi connectivity index (χ0) is 13.9. The van der Waals surface area contributed by atoms with Crippen molar-refractivity contribution in [3.8, 4) is 0 Å². The van der Waals surface area contributed by atoms with Crippen LogP contribution in [0.25, 0.3) is 11.0 Å². The van der Waals surface area contributed by atoms with E-state index in [0.29, 0.717) is 11.0 Å². The molecule has 6 heteroatoms. The number of nitrogens with zero attached hydrogens (tertiary/aromatic N) is 2. The van der Waals surface area contributed by atoms with Gasteiger partial charge in [-0.2, -0.15) is 0 Å². The van der Waals surface area contributed by atoms with Crippen molar-refractivity contribution in [1.29, 1.82) is 0 Å². The van der Waals surface area contributed by atoms with E-state index < -0.39 is 5.82 Å². The van der Waals surface area contributed by atoms with Gasteiger partial charge in [0.15, 0.2) is 0 Å². The number of piperidine rings is 1. The predicted octanol–water partition coefficient (Wildman–Crippen LogP) is 1.25. The van der Waals surface area contributed by atoms with Gasteiger partial charge in [-0.25, -0.2) is 4.39 Å². The van der Waals surface area contributed by atoms with E-state index in [-0.39, 0.29) is 17.5 Å². The van der Waals surface area contributed by atoms with Crippen LogP contribution in [0.2, 0.25) is 0 Å². The number of hydrogen-bond acceptors (Lipinski definition) is 4. The lowest BCUT2D eigenvalue weighted by Crippen LogP contribution is -2.45. The number of carbonyl (C=O) groups is 1. The molecule has 104 valence electrons. The summed E-state index contributed by atoms with van der Waals surface area (Å²) in [7, 11) is 0. The maximum absolute atomic E-state index is 13.6. The molecule has 0 radical (unpaired) electrons. The fourth-order valence-corrected chi connectivity index (χ4v) is 2.45. The average Bonchev–Trinajstić information content (AvgIpc) is 2.47. The molecule has 0 spiro atoms. The molecule has 1 atom stereocenters. The fraction of sp³-hybridized carbons (Fsp3) is 0.357. The zero-order valence-electron chi connectivity index (χ0n) is 10.9. The molecule has 20 heavy (non-hydrogen) atoms. The first-order valence-corrected chi connectivity index (χ1v) is 6.66. The molecule has 2 aromatic rings. The monoisotopic (exact) mass is 274 g/mol. The standard InChI is InChI=1S/C14H15FN4O/c15-9-6-11(13-12(7-9)17-4-5-18-13)14(20)19-10-2-1-3-16-8-10/h4-7,10,16H,1-3,8H2,(H,19,20)/t10-/m0/s1. The van der Waals surface area contributed by atoms with Crippen LogP contribution in [0.3, 0.4) is 0 Å². The molecule has 0 unspecified atom stereocenters. The molecule has 1 aliphatic heterocycles. The van der Waals surface area contributed by atoms with Crippen molar-refractivity contribution >= 4 is 16.9 Å². The van der Waals surface area contributed by atoms with Crippen LogP contribution in [0, 0.1) is 5.82 Å². The zero-order valence-corrected chi connectivity index (χ0v) is 10.9. The minimum Gasteiger partial charge on any atom is -0.348 e. The van der Waals surface area contributed by atoms with E-state index in [4.69, 9.17) is 0 Å². The van der Waals surface area contributed by atoms with Crippen LogP contribution in [0.5, 0.6) is 0 Å². The SMILES string of the molecule is O=C(N[C@H]1CCCNC1)c1cc(F)cc2nccnc12. The second-order valence-corrected chi connectivity index (χ2v) is 4.89. The number of amides is 1. The van der Waals surface area contributed by atoms with Gasteiger partial charge in [-0.05, 0) is 25.5 Å². The summed E-state index contributed by atoms with van der Waals surface area (Å²) in [5.74, 6) is -0.784. The highest BCUT2D eigenvalue weighted by molar-refractivity contribution is 6.04. The van der Waals surface area contributed by atoms with Crippen LogP contribution in [0.15, 0.2) is 24.5 Å². The molecule has 3 rings (SSSR count).